The van der Waals surface area contributed by atoms with E-state index in [-0.39, 0.29) is 5.41 Å². The van der Waals surface area contributed by atoms with E-state index in [4.69, 9.17) is 4.42 Å². The van der Waals surface area contributed by atoms with Gasteiger partial charge in [0.2, 0.25) is 0 Å². The molecule has 0 N–H and O–H groups in total. The van der Waals surface area contributed by atoms with Gasteiger partial charge in [0.25, 0.3) is 0 Å². The van der Waals surface area contributed by atoms with Crippen molar-refractivity contribution in [1.82, 2.24) is 0 Å². The van der Waals surface area contributed by atoms with Gasteiger partial charge in [0.15, 0.2) is 0 Å². The molecule has 0 saturated carbocycles. The van der Waals surface area contributed by atoms with E-state index in [9.17, 15) is 0 Å². The summed E-state index contributed by atoms with van der Waals surface area (Å²) in [5.74, 6) is 0. The maximum Gasteiger partial charge on any atom is 0.135 e. The largest absolute Gasteiger partial charge is 0.456 e. The Labute approximate surface area is 345 Å². The van der Waals surface area contributed by atoms with Crippen LogP contribution in [0.25, 0.3) is 77.6 Å². The summed E-state index contributed by atoms with van der Waals surface area (Å²) < 4.78 is 6.23. The summed E-state index contributed by atoms with van der Waals surface area (Å²) >= 11 is 0. The minimum atomic E-state index is -0.205. The Kier molecular flexibility index (Phi) is 8.20. The van der Waals surface area contributed by atoms with Crippen LogP contribution in [0.2, 0.25) is 0 Å². The fraction of sp³-hybridized carbons (Fsp3) is 0.0526. The lowest BCUT2D eigenvalue weighted by Gasteiger charge is -2.29. The number of rotatable bonds is 7. The van der Waals surface area contributed by atoms with Gasteiger partial charge < -0.3 is 9.32 Å². The second kappa shape index (κ2) is 13.9. The topological polar surface area (TPSA) is 16.4 Å². The predicted octanol–water partition coefficient (Wildman–Crippen LogP) is 16.0. The van der Waals surface area contributed by atoms with Crippen molar-refractivity contribution in [3.05, 3.63) is 223 Å². The van der Waals surface area contributed by atoms with Crippen molar-refractivity contribution in [1.29, 1.82) is 0 Å². The highest BCUT2D eigenvalue weighted by Crippen LogP contribution is 2.56. The number of hydrogen-bond acceptors (Lipinski definition) is 2. The molecule has 9 aromatic carbocycles. The van der Waals surface area contributed by atoms with E-state index >= 15 is 0 Å². The normalized spacial score (nSPS) is 12.7. The highest BCUT2D eigenvalue weighted by Gasteiger charge is 2.39. The van der Waals surface area contributed by atoms with Gasteiger partial charge in [-0.2, -0.15) is 0 Å². The van der Waals surface area contributed by atoms with Crippen molar-refractivity contribution in [2.45, 2.75) is 19.3 Å². The number of para-hydroxylation sites is 2. The van der Waals surface area contributed by atoms with Gasteiger partial charge in [-0.05, 0) is 110 Å². The second-order valence-corrected chi connectivity index (χ2v) is 16.1. The predicted molar refractivity (Wildman–Crippen MR) is 248 cm³/mol. The first-order chi connectivity index (χ1) is 29.0. The Hall–Kier alpha value is -7.42. The maximum atomic E-state index is 6.23. The Morgan fingerprint density at radius 1 is 0.373 bits per heavy atom. The summed E-state index contributed by atoms with van der Waals surface area (Å²) in [5.41, 5.74) is 20.0. The highest BCUT2D eigenvalue weighted by atomic mass is 16.3. The molecular weight excluding hydrogens is 715 g/mol. The molecule has 0 unspecified atom stereocenters. The lowest BCUT2D eigenvalue weighted by molar-refractivity contribution is 0.662. The van der Waals surface area contributed by atoms with Crippen LogP contribution in [0, 0.1) is 0 Å². The van der Waals surface area contributed by atoms with E-state index in [2.05, 4.69) is 225 Å². The van der Waals surface area contributed by atoms with Crippen LogP contribution in [0.1, 0.15) is 25.0 Å². The summed E-state index contributed by atoms with van der Waals surface area (Å²) in [6.45, 7) is 4.76. The number of fused-ring (bicyclic) bond motifs is 6. The van der Waals surface area contributed by atoms with E-state index in [1.165, 1.54) is 66.8 Å². The molecule has 11 rings (SSSR count). The van der Waals surface area contributed by atoms with E-state index in [0.717, 1.165) is 39.0 Å². The second-order valence-electron chi connectivity index (χ2n) is 16.1. The summed E-state index contributed by atoms with van der Waals surface area (Å²) in [6, 6.07) is 76.8. The molecule has 0 spiro atoms. The van der Waals surface area contributed by atoms with Gasteiger partial charge in [0, 0.05) is 33.1 Å². The summed E-state index contributed by atoms with van der Waals surface area (Å²) in [4.78, 5) is 2.39. The fourth-order valence-corrected chi connectivity index (χ4v) is 9.47. The van der Waals surface area contributed by atoms with Crippen molar-refractivity contribution < 1.29 is 4.42 Å². The van der Waals surface area contributed by atoms with Gasteiger partial charge in [-0.15, -0.1) is 0 Å². The first-order valence-electron chi connectivity index (χ1n) is 20.4. The van der Waals surface area contributed by atoms with Crippen LogP contribution in [0.4, 0.5) is 17.1 Å². The van der Waals surface area contributed by atoms with Crippen LogP contribution < -0.4 is 4.90 Å². The summed E-state index contributed by atoms with van der Waals surface area (Å²) in [7, 11) is 0. The molecule has 0 saturated heterocycles. The average Bonchev–Trinajstić information content (AvgIpc) is 3.79. The average molecular weight is 756 g/mol. The Morgan fingerprint density at radius 3 is 1.64 bits per heavy atom. The molecule has 10 aromatic rings. The standard InChI is InChI=1S/C57H41NO/c1-57(2)51-22-12-9-21-49(51)55-46(42-29-36-54-50(37-42)48-20-11-14-24-53(48)59-54)34-35-47(56(55)57)41-27-32-44(33-28-41)58(43-30-25-39(26-31-43)38-15-5-3-6-16-38)52-23-13-10-19-45(52)40-17-7-4-8-18-40/h3-37H,1-2H3. The molecule has 0 bridgehead atoms. The third-order valence-electron chi connectivity index (χ3n) is 12.3. The molecule has 2 nitrogen and oxygen atoms in total. The zero-order chi connectivity index (χ0) is 39.5. The molecule has 0 radical (unpaired) electrons. The van der Waals surface area contributed by atoms with Crippen LogP contribution in [0.5, 0.6) is 0 Å². The van der Waals surface area contributed by atoms with E-state index < -0.39 is 0 Å². The zero-order valence-electron chi connectivity index (χ0n) is 33.1. The monoisotopic (exact) mass is 755 g/mol. The molecule has 2 heteroatoms. The lowest BCUT2D eigenvalue weighted by Crippen LogP contribution is -2.16. The molecule has 280 valence electrons. The van der Waals surface area contributed by atoms with Gasteiger partial charge in [-0.25, -0.2) is 0 Å². The highest BCUT2D eigenvalue weighted by molar-refractivity contribution is 6.07. The number of nitrogens with zero attached hydrogens (tertiary/aromatic N) is 1. The van der Waals surface area contributed by atoms with Gasteiger partial charge in [-0.1, -0.05) is 178 Å². The van der Waals surface area contributed by atoms with Gasteiger partial charge >= 0.3 is 0 Å². The smallest absolute Gasteiger partial charge is 0.135 e. The van der Waals surface area contributed by atoms with Crippen LogP contribution in [0.3, 0.4) is 0 Å². The number of benzene rings is 9. The molecule has 0 aliphatic heterocycles. The lowest BCUT2D eigenvalue weighted by atomic mass is 9.78. The molecule has 0 amide bonds. The number of furan rings is 1. The van der Waals surface area contributed by atoms with Crippen LogP contribution in [0.15, 0.2) is 217 Å². The first-order valence-corrected chi connectivity index (χ1v) is 20.4. The molecular formula is C57H41NO. The van der Waals surface area contributed by atoms with Crippen molar-refractivity contribution >= 4 is 39.0 Å². The van der Waals surface area contributed by atoms with Crippen molar-refractivity contribution in [3.63, 3.8) is 0 Å². The number of hydrogen-bond donors (Lipinski definition) is 0. The Balaban J connectivity index is 1.05. The summed E-state index contributed by atoms with van der Waals surface area (Å²) in [5, 5.41) is 2.29. The quantitative estimate of drug-likeness (QED) is 0.161. The molecule has 1 heterocycles. The van der Waals surface area contributed by atoms with Crippen LogP contribution in [-0.2, 0) is 5.41 Å². The van der Waals surface area contributed by atoms with Crippen LogP contribution in [-0.4, -0.2) is 0 Å². The van der Waals surface area contributed by atoms with Gasteiger partial charge in [-0.3, -0.25) is 0 Å². The minimum Gasteiger partial charge on any atom is -0.456 e. The molecule has 59 heavy (non-hydrogen) atoms. The van der Waals surface area contributed by atoms with E-state index in [1.807, 2.05) is 6.07 Å². The molecule has 0 atom stereocenters. The summed E-state index contributed by atoms with van der Waals surface area (Å²) in [6.07, 6.45) is 0. The zero-order valence-corrected chi connectivity index (χ0v) is 33.1. The Morgan fingerprint density at radius 2 is 0.898 bits per heavy atom. The third kappa shape index (κ3) is 5.79. The van der Waals surface area contributed by atoms with Gasteiger partial charge in [0.1, 0.15) is 11.2 Å². The fourth-order valence-electron chi connectivity index (χ4n) is 9.47. The van der Waals surface area contributed by atoms with Gasteiger partial charge in [0.05, 0.1) is 5.69 Å². The molecule has 1 aromatic heterocycles. The van der Waals surface area contributed by atoms with E-state index in [1.54, 1.807) is 0 Å². The van der Waals surface area contributed by atoms with Crippen molar-refractivity contribution in [3.8, 4) is 55.6 Å². The van der Waals surface area contributed by atoms with Crippen molar-refractivity contribution in [2.24, 2.45) is 0 Å². The third-order valence-corrected chi connectivity index (χ3v) is 12.3. The minimum absolute atomic E-state index is 0.205. The number of anilines is 3. The van der Waals surface area contributed by atoms with Crippen molar-refractivity contribution in [2.75, 3.05) is 4.90 Å². The Bertz CT molecular complexity index is 3160. The van der Waals surface area contributed by atoms with Crippen LogP contribution >= 0.6 is 0 Å². The molecule has 1 aliphatic carbocycles. The first kappa shape index (κ1) is 34.8. The molecule has 0 fully saturated rings. The molecule has 1 aliphatic rings. The van der Waals surface area contributed by atoms with E-state index in [0.29, 0.717) is 0 Å². The SMILES string of the molecule is CC1(C)c2ccccc2-c2c(-c3ccc4oc5ccccc5c4c3)ccc(-c3ccc(N(c4ccc(-c5ccccc5)cc4)c4ccccc4-c4ccccc4)cc3)c21. The maximum absolute atomic E-state index is 6.23.